The van der Waals surface area contributed by atoms with Gasteiger partial charge in [0.05, 0.1) is 17.7 Å². The molecule has 2 aromatic heterocycles. The second-order valence-electron chi connectivity index (χ2n) is 10.1. The van der Waals surface area contributed by atoms with Gasteiger partial charge in [-0.3, -0.25) is 9.59 Å². The van der Waals surface area contributed by atoms with Crippen LogP contribution in [0.5, 0.6) is 5.75 Å². The number of aliphatic hydroxyl groups excluding tert-OH is 1. The second kappa shape index (κ2) is 10.3. The van der Waals surface area contributed by atoms with Crippen LogP contribution >= 0.6 is 0 Å². The zero-order valence-electron chi connectivity index (χ0n) is 20.8. The number of nitrogens with zero attached hydrogens (tertiary/aromatic N) is 2. The van der Waals surface area contributed by atoms with Gasteiger partial charge in [0.2, 0.25) is 5.91 Å². The number of aryl methyl sites for hydroxylation is 2. The maximum atomic E-state index is 13.3. The molecule has 5 rings (SSSR count). The van der Waals surface area contributed by atoms with Crippen LogP contribution in [0, 0.1) is 19.8 Å². The van der Waals surface area contributed by atoms with Crippen LogP contribution in [0.15, 0.2) is 24.5 Å². The molecule has 1 aromatic carbocycles. The second-order valence-corrected chi connectivity index (χ2v) is 10.1. The molecule has 9 nitrogen and oxygen atoms in total. The van der Waals surface area contributed by atoms with Crippen LogP contribution in [0.25, 0.3) is 22.3 Å². The monoisotopic (exact) mass is 491 g/mol. The van der Waals surface area contributed by atoms with Gasteiger partial charge in [0.15, 0.2) is 0 Å². The molecule has 4 N–H and O–H groups in total. The Morgan fingerprint density at radius 3 is 2.47 bits per heavy atom. The van der Waals surface area contributed by atoms with E-state index < -0.39 is 6.61 Å². The molecular formula is C27H33N5O4. The van der Waals surface area contributed by atoms with E-state index in [1.54, 1.807) is 0 Å². The molecule has 0 aliphatic heterocycles. The number of hydrogen-bond donors (Lipinski definition) is 4. The third-order valence-corrected chi connectivity index (χ3v) is 7.13. The Balaban J connectivity index is 1.37. The van der Waals surface area contributed by atoms with E-state index in [1.165, 1.54) is 19.2 Å². The number of benzene rings is 1. The quantitative estimate of drug-likeness (QED) is 0.383. The number of nitrogens with one attached hydrogen (secondary N) is 3. The van der Waals surface area contributed by atoms with Gasteiger partial charge in [-0.05, 0) is 70.4 Å². The van der Waals surface area contributed by atoms with Crippen molar-refractivity contribution in [1.29, 1.82) is 0 Å². The fourth-order valence-electron chi connectivity index (χ4n) is 4.96. The fraction of sp³-hybridized carbons (Fsp3) is 0.481. The number of fused-ring (bicyclic) bond motifs is 1. The summed E-state index contributed by atoms with van der Waals surface area (Å²) in [5.41, 5.74) is 5.28. The molecule has 0 unspecified atom stereocenters. The third kappa shape index (κ3) is 5.21. The minimum atomic E-state index is -0.503. The van der Waals surface area contributed by atoms with Crippen LogP contribution in [0.2, 0.25) is 0 Å². The van der Waals surface area contributed by atoms with Crippen molar-refractivity contribution in [2.75, 3.05) is 13.2 Å². The molecule has 0 atom stereocenters. The molecule has 0 spiro atoms. The zero-order valence-corrected chi connectivity index (χ0v) is 20.8. The Hall–Kier alpha value is -3.46. The number of hydrogen-bond acceptors (Lipinski definition) is 6. The number of aromatic amines is 1. The summed E-state index contributed by atoms with van der Waals surface area (Å²) in [4.78, 5) is 37.2. The van der Waals surface area contributed by atoms with Crippen LogP contribution in [-0.4, -0.2) is 57.2 Å². The lowest BCUT2D eigenvalue weighted by molar-refractivity contribution is -0.124. The normalized spacial score (nSPS) is 19.8. The van der Waals surface area contributed by atoms with Crippen molar-refractivity contribution in [2.24, 2.45) is 5.92 Å². The molecule has 2 heterocycles. The number of carbonyl (C=O) groups excluding carboxylic acids is 2. The topological polar surface area (TPSA) is 129 Å². The number of aliphatic hydroxyl groups is 1. The highest BCUT2D eigenvalue weighted by Gasteiger charge is 2.27. The SMILES string of the molecule is Cc1ccc(OCC2CC2)c(-c2ncnc3c(C(=O)N[C@H]4CC[C@H](NC(=O)CO)CC4)c(C)[nH]c23)c1. The predicted octanol–water partition coefficient (Wildman–Crippen LogP) is 3.18. The van der Waals surface area contributed by atoms with Crippen LogP contribution < -0.4 is 15.4 Å². The average Bonchev–Trinajstić information content (AvgIpc) is 3.63. The lowest BCUT2D eigenvalue weighted by atomic mass is 9.91. The van der Waals surface area contributed by atoms with Crippen molar-refractivity contribution in [3.8, 4) is 17.0 Å². The summed E-state index contributed by atoms with van der Waals surface area (Å²) in [7, 11) is 0. The van der Waals surface area contributed by atoms with Crippen molar-refractivity contribution in [3.63, 3.8) is 0 Å². The summed E-state index contributed by atoms with van der Waals surface area (Å²) in [6, 6.07) is 6.14. The Bertz CT molecular complexity index is 1270. The lowest BCUT2D eigenvalue weighted by Crippen LogP contribution is -2.44. The molecule has 2 aliphatic rings. The Morgan fingerprint density at radius 2 is 1.78 bits per heavy atom. The van der Waals surface area contributed by atoms with E-state index in [-0.39, 0.29) is 23.9 Å². The molecule has 0 saturated heterocycles. The summed E-state index contributed by atoms with van der Waals surface area (Å²) in [5, 5.41) is 14.9. The zero-order chi connectivity index (χ0) is 25.2. The van der Waals surface area contributed by atoms with Crippen LogP contribution in [0.4, 0.5) is 0 Å². The summed E-state index contributed by atoms with van der Waals surface area (Å²) >= 11 is 0. The van der Waals surface area contributed by atoms with Gasteiger partial charge in [0.25, 0.3) is 5.91 Å². The van der Waals surface area contributed by atoms with E-state index in [0.29, 0.717) is 23.6 Å². The van der Waals surface area contributed by atoms with E-state index in [9.17, 15) is 9.59 Å². The molecule has 2 saturated carbocycles. The van der Waals surface area contributed by atoms with Crippen LogP contribution in [0.3, 0.4) is 0 Å². The average molecular weight is 492 g/mol. The van der Waals surface area contributed by atoms with E-state index in [1.807, 2.05) is 26.0 Å². The number of ether oxygens (including phenoxy) is 1. The molecule has 2 aliphatic carbocycles. The maximum Gasteiger partial charge on any atom is 0.255 e. The van der Waals surface area contributed by atoms with Gasteiger partial charge in [-0.1, -0.05) is 11.6 Å². The van der Waals surface area contributed by atoms with E-state index in [0.717, 1.165) is 59.5 Å². The highest BCUT2D eigenvalue weighted by Crippen LogP contribution is 2.37. The summed E-state index contributed by atoms with van der Waals surface area (Å²) in [6.45, 7) is 4.11. The molecule has 0 bridgehead atoms. The highest BCUT2D eigenvalue weighted by atomic mass is 16.5. The number of aromatic nitrogens is 3. The predicted molar refractivity (Wildman–Crippen MR) is 136 cm³/mol. The Morgan fingerprint density at radius 1 is 1.06 bits per heavy atom. The first kappa shape index (κ1) is 24.2. The molecular weight excluding hydrogens is 458 g/mol. The minimum Gasteiger partial charge on any atom is -0.493 e. The number of H-pyrrole nitrogens is 1. The van der Waals surface area contributed by atoms with Gasteiger partial charge in [-0.25, -0.2) is 9.97 Å². The molecule has 0 radical (unpaired) electrons. The standard InChI is InChI=1S/C27H33N5O4/c1-15-3-10-21(36-13-17-4-5-17)20(11-15)24-26-25(29-14-28-24)23(16(2)30-26)27(35)32-19-8-6-18(7-9-19)31-22(34)12-33/h3,10-11,14,17-19,30,33H,4-9,12-13H2,1-2H3,(H,31,34)(H,32,35)/t18-,19-. The largest absolute Gasteiger partial charge is 0.493 e. The first-order chi connectivity index (χ1) is 17.4. The first-order valence-corrected chi connectivity index (χ1v) is 12.7. The van der Waals surface area contributed by atoms with E-state index in [2.05, 4.69) is 31.7 Å². The first-order valence-electron chi connectivity index (χ1n) is 12.7. The molecule has 190 valence electrons. The Labute approximate surface area is 210 Å². The smallest absolute Gasteiger partial charge is 0.255 e. The molecule has 36 heavy (non-hydrogen) atoms. The van der Waals surface area contributed by atoms with Gasteiger partial charge in [0.1, 0.15) is 29.9 Å². The van der Waals surface area contributed by atoms with Crippen LogP contribution in [0.1, 0.15) is 60.1 Å². The number of rotatable bonds is 8. The molecule has 9 heteroatoms. The lowest BCUT2D eigenvalue weighted by Gasteiger charge is -2.29. The Kier molecular flexibility index (Phi) is 6.91. The van der Waals surface area contributed by atoms with Gasteiger partial charge in [-0.2, -0.15) is 0 Å². The highest BCUT2D eigenvalue weighted by molar-refractivity contribution is 6.09. The van der Waals surface area contributed by atoms with Crippen molar-refractivity contribution < 1.29 is 19.4 Å². The van der Waals surface area contributed by atoms with Crippen molar-refractivity contribution in [3.05, 3.63) is 41.3 Å². The van der Waals surface area contributed by atoms with Crippen molar-refractivity contribution >= 4 is 22.8 Å². The van der Waals surface area contributed by atoms with Crippen molar-refractivity contribution in [1.82, 2.24) is 25.6 Å². The van der Waals surface area contributed by atoms with E-state index in [4.69, 9.17) is 9.84 Å². The minimum absolute atomic E-state index is 0.0182. The van der Waals surface area contributed by atoms with Gasteiger partial charge < -0.3 is 25.5 Å². The third-order valence-electron chi connectivity index (χ3n) is 7.13. The van der Waals surface area contributed by atoms with Gasteiger partial charge in [-0.15, -0.1) is 0 Å². The summed E-state index contributed by atoms with van der Waals surface area (Å²) in [6.07, 6.45) is 6.96. The molecule has 2 amide bonds. The van der Waals surface area contributed by atoms with Crippen LogP contribution in [-0.2, 0) is 4.79 Å². The fourth-order valence-corrected chi connectivity index (χ4v) is 4.96. The number of amides is 2. The summed E-state index contributed by atoms with van der Waals surface area (Å²) in [5.74, 6) is 0.896. The maximum absolute atomic E-state index is 13.3. The molecule has 3 aromatic rings. The van der Waals surface area contributed by atoms with Gasteiger partial charge >= 0.3 is 0 Å². The van der Waals surface area contributed by atoms with E-state index >= 15 is 0 Å². The summed E-state index contributed by atoms with van der Waals surface area (Å²) < 4.78 is 6.15. The molecule has 2 fully saturated rings. The van der Waals surface area contributed by atoms with Crippen molar-refractivity contribution in [2.45, 2.75) is 64.5 Å². The van der Waals surface area contributed by atoms with Gasteiger partial charge in [0, 0.05) is 23.3 Å². The number of carbonyl (C=O) groups is 2.